The number of benzene rings is 1. The van der Waals surface area contributed by atoms with Gasteiger partial charge < -0.3 is 15.0 Å². The molecule has 0 saturated carbocycles. The predicted octanol–water partition coefficient (Wildman–Crippen LogP) is 0.535. The summed E-state index contributed by atoms with van der Waals surface area (Å²) in [6, 6.07) is 6.98. The van der Waals surface area contributed by atoms with Crippen LogP contribution in [0.5, 0.6) is 0 Å². The van der Waals surface area contributed by atoms with Crippen LogP contribution in [0.15, 0.2) is 29.1 Å². The molecule has 0 spiro atoms. The fourth-order valence-corrected chi connectivity index (χ4v) is 1.94. The maximum Gasteiger partial charge on any atom is 0.306 e. The number of nitrogens with one attached hydrogen (secondary N) is 2. The second-order valence-electron chi connectivity index (χ2n) is 4.64. The summed E-state index contributed by atoms with van der Waals surface area (Å²) < 4.78 is 4.83. The van der Waals surface area contributed by atoms with E-state index >= 15 is 0 Å². The minimum Gasteiger partial charge on any atom is -0.456 e. The number of aromatic amines is 1. The highest BCUT2D eigenvalue weighted by Crippen LogP contribution is 2.06. The van der Waals surface area contributed by atoms with E-state index in [-0.39, 0.29) is 30.9 Å². The minimum atomic E-state index is -0.512. The Balaban J connectivity index is 1.93. The first-order chi connectivity index (χ1) is 10.6. The first-order valence-corrected chi connectivity index (χ1v) is 7.00. The highest BCUT2D eigenvalue weighted by Gasteiger charge is 2.09. The molecule has 7 nitrogen and oxygen atoms in total. The van der Waals surface area contributed by atoms with E-state index in [1.807, 2.05) is 0 Å². The number of aryl methyl sites for hydroxylation is 1. The van der Waals surface area contributed by atoms with E-state index in [9.17, 15) is 14.4 Å². The Labute approximate surface area is 126 Å². The third-order valence-corrected chi connectivity index (χ3v) is 2.97. The van der Waals surface area contributed by atoms with E-state index in [0.717, 1.165) is 0 Å². The van der Waals surface area contributed by atoms with E-state index in [0.29, 0.717) is 23.3 Å². The van der Waals surface area contributed by atoms with Crippen LogP contribution in [0, 0.1) is 0 Å². The van der Waals surface area contributed by atoms with Crippen molar-refractivity contribution in [2.24, 2.45) is 0 Å². The first kappa shape index (κ1) is 15.7. The lowest BCUT2D eigenvalue weighted by Gasteiger charge is -2.05. The number of esters is 1. The molecule has 0 unspecified atom stereocenters. The molecule has 1 amide bonds. The monoisotopic (exact) mass is 303 g/mol. The molecule has 0 fully saturated rings. The Kier molecular flexibility index (Phi) is 5.24. The maximum absolute atomic E-state index is 11.9. The van der Waals surface area contributed by atoms with Gasteiger partial charge >= 0.3 is 5.97 Å². The number of aromatic nitrogens is 2. The standard InChI is InChI=1S/C15H17N3O4/c1-2-16-13(19)9-22-14(20)8-7-12-17-11-6-4-3-5-10(11)15(21)18-12/h3-6H,2,7-9H2,1H3,(H,16,19)(H,17,18,21). The third kappa shape index (κ3) is 4.15. The van der Waals surface area contributed by atoms with E-state index in [2.05, 4.69) is 15.3 Å². The lowest BCUT2D eigenvalue weighted by atomic mass is 10.2. The van der Waals surface area contributed by atoms with Gasteiger partial charge in [-0.2, -0.15) is 0 Å². The first-order valence-electron chi connectivity index (χ1n) is 7.00. The smallest absolute Gasteiger partial charge is 0.306 e. The molecule has 22 heavy (non-hydrogen) atoms. The lowest BCUT2D eigenvalue weighted by molar-refractivity contribution is -0.148. The summed E-state index contributed by atoms with van der Waals surface area (Å²) in [5.41, 5.74) is 0.341. The molecule has 0 atom stereocenters. The molecular formula is C15H17N3O4. The lowest BCUT2D eigenvalue weighted by Crippen LogP contribution is -2.28. The van der Waals surface area contributed by atoms with Gasteiger partial charge in [0.05, 0.1) is 17.3 Å². The molecule has 2 N–H and O–H groups in total. The molecule has 0 aliphatic heterocycles. The van der Waals surface area contributed by atoms with E-state index in [1.165, 1.54) is 0 Å². The molecule has 0 radical (unpaired) electrons. The summed E-state index contributed by atoms with van der Waals surface area (Å²) in [5, 5.41) is 3.03. The van der Waals surface area contributed by atoms with Crippen LogP contribution in [0.3, 0.4) is 0 Å². The summed E-state index contributed by atoms with van der Waals surface area (Å²) in [5.74, 6) is -0.436. The molecule has 0 aliphatic carbocycles. The fourth-order valence-electron chi connectivity index (χ4n) is 1.94. The number of rotatable bonds is 6. The number of para-hydroxylation sites is 1. The van der Waals surface area contributed by atoms with Crippen molar-refractivity contribution in [1.29, 1.82) is 0 Å². The molecule has 1 aromatic heterocycles. The van der Waals surface area contributed by atoms with Crippen LogP contribution in [-0.2, 0) is 20.7 Å². The number of nitrogens with zero attached hydrogens (tertiary/aromatic N) is 1. The van der Waals surface area contributed by atoms with Crippen LogP contribution in [0.25, 0.3) is 10.9 Å². The topological polar surface area (TPSA) is 101 Å². The molecule has 0 saturated heterocycles. The van der Waals surface area contributed by atoms with Crippen LogP contribution in [0.2, 0.25) is 0 Å². The number of likely N-dealkylation sites (N-methyl/N-ethyl adjacent to an activating group) is 1. The summed E-state index contributed by atoms with van der Waals surface area (Å²) in [6.07, 6.45) is 0.287. The molecule has 2 rings (SSSR count). The van der Waals surface area contributed by atoms with Crippen molar-refractivity contribution < 1.29 is 14.3 Å². The highest BCUT2D eigenvalue weighted by atomic mass is 16.5. The second-order valence-corrected chi connectivity index (χ2v) is 4.64. The Bertz CT molecular complexity index is 739. The molecular weight excluding hydrogens is 286 g/mol. The highest BCUT2D eigenvalue weighted by molar-refractivity contribution is 5.80. The van der Waals surface area contributed by atoms with E-state index in [4.69, 9.17) is 4.74 Å². The Morgan fingerprint density at radius 3 is 2.86 bits per heavy atom. The zero-order chi connectivity index (χ0) is 15.9. The van der Waals surface area contributed by atoms with Gasteiger partial charge in [0.1, 0.15) is 5.82 Å². The molecule has 0 bridgehead atoms. The van der Waals surface area contributed by atoms with Gasteiger partial charge in [-0.3, -0.25) is 14.4 Å². The number of carbonyl (C=O) groups is 2. The fraction of sp³-hybridized carbons (Fsp3) is 0.333. The molecule has 2 aromatic rings. The Hall–Kier alpha value is -2.70. The van der Waals surface area contributed by atoms with Crippen molar-refractivity contribution in [2.45, 2.75) is 19.8 Å². The quantitative estimate of drug-likeness (QED) is 0.758. The number of fused-ring (bicyclic) bond motifs is 1. The van der Waals surface area contributed by atoms with Gasteiger partial charge in [0.15, 0.2) is 6.61 Å². The van der Waals surface area contributed by atoms with Gasteiger partial charge in [-0.15, -0.1) is 0 Å². The van der Waals surface area contributed by atoms with E-state index in [1.54, 1.807) is 31.2 Å². The van der Waals surface area contributed by atoms with Crippen LogP contribution < -0.4 is 10.9 Å². The number of hydrogen-bond acceptors (Lipinski definition) is 5. The largest absolute Gasteiger partial charge is 0.456 e. The number of H-pyrrole nitrogens is 1. The second kappa shape index (κ2) is 7.35. The summed E-state index contributed by atoms with van der Waals surface area (Å²) in [4.78, 5) is 41.5. The predicted molar refractivity (Wildman–Crippen MR) is 80.3 cm³/mol. The maximum atomic E-state index is 11.9. The Morgan fingerprint density at radius 2 is 2.09 bits per heavy atom. The summed E-state index contributed by atoms with van der Waals surface area (Å²) in [6.45, 7) is 1.97. The van der Waals surface area contributed by atoms with Crippen LogP contribution in [-0.4, -0.2) is 35.0 Å². The average Bonchev–Trinajstić information content (AvgIpc) is 2.51. The number of carbonyl (C=O) groups excluding carboxylic acids is 2. The Morgan fingerprint density at radius 1 is 1.32 bits per heavy atom. The minimum absolute atomic E-state index is 0.0423. The van der Waals surface area contributed by atoms with Crippen molar-refractivity contribution in [2.75, 3.05) is 13.2 Å². The number of amides is 1. The molecule has 1 aromatic carbocycles. The average molecular weight is 303 g/mol. The van der Waals surface area contributed by atoms with Crippen molar-refractivity contribution in [1.82, 2.24) is 15.3 Å². The van der Waals surface area contributed by atoms with Crippen LogP contribution in [0.1, 0.15) is 19.2 Å². The summed E-state index contributed by atoms with van der Waals surface area (Å²) in [7, 11) is 0. The third-order valence-electron chi connectivity index (χ3n) is 2.97. The van der Waals surface area contributed by atoms with Gasteiger partial charge in [0.25, 0.3) is 11.5 Å². The van der Waals surface area contributed by atoms with Crippen molar-refractivity contribution in [3.05, 3.63) is 40.4 Å². The molecule has 7 heteroatoms. The zero-order valence-electron chi connectivity index (χ0n) is 12.2. The van der Waals surface area contributed by atoms with Gasteiger partial charge in [0.2, 0.25) is 0 Å². The SMILES string of the molecule is CCNC(=O)COC(=O)CCc1nc2ccccc2c(=O)[nH]1. The van der Waals surface area contributed by atoms with Gasteiger partial charge in [-0.1, -0.05) is 12.1 Å². The summed E-state index contributed by atoms with van der Waals surface area (Å²) >= 11 is 0. The van der Waals surface area contributed by atoms with Crippen molar-refractivity contribution in [3.63, 3.8) is 0 Å². The molecule has 1 heterocycles. The number of hydrogen-bond donors (Lipinski definition) is 2. The zero-order valence-corrected chi connectivity index (χ0v) is 12.2. The van der Waals surface area contributed by atoms with Crippen molar-refractivity contribution >= 4 is 22.8 Å². The van der Waals surface area contributed by atoms with Gasteiger partial charge in [-0.25, -0.2) is 4.98 Å². The molecule has 116 valence electrons. The van der Waals surface area contributed by atoms with Crippen molar-refractivity contribution in [3.8, 4) is 0 Å². The molecule has 0 aliphatic rings. The van der Waals surface area contributed by atoms with E-state index < -0.39 is 5.97 Å². The van der Waals surface area contributed by atoms with Crippen LogP contribution in [0.4, 0.5) is 0 Å². The van der Waals surface area contributed by atoms with Crippen LogP contribution >= 0.6 is 0 Å². The van der Waals surface area contributed by atoms with Gasteiger partial charge in [-0.05, 0) is 19.1 Å². The number of ether oxygens (including phenoxy) is 1. The normalized spacial score (nSPS) is 10.4. The van der Waals surface area contributed by atoms with Gasteiger partial charge in [0, 0.05) is 13.0 Å².